The monoisotopic (exact) mass is 576 g/mol. The number of likely N-dealkylation sites (N-methyl/N-ethyl adjacent to an activating group) is 1. The SMILES string of the molecule is COc1ccc2cc1Oc1ccc(cc1)CC1c3c(c(O)c(OC)c4c3Oc3cc5c(cc3O4)CCN=C5C2)CCN1C. The Morgan fingerprint density at radius 2 is 1.65 bits per heavy atom. The van der Waals surface area contributed by atoms with E-state index in [1.54, 1.807) is 14.2 Å². The zero-order valence-electron chi connectivity index (χ0n) is 24.4. The summed E-state index contributed by atoms with van der Waals surface area (Å²) in [5, 5.41) is 11.5. The Morgan fingerprint density at radius 3 is 2.47 bits per heavy atom. The van der Waals surface area contributed by atoms with Crippen LogP contribution in [-0.2, 0) is 25.7 Å². The molecule has 1 atom stereocenters. The van der Waals surface area contributed by atoms with Gasteiger partial charge in [-0.3, -0.25) is 9.89 Å². The lowest BCUT2D eigenvalue weighted by Crippen LogP contribution is -2.34. The van der Waals surface area contributed by atoms with Crippen LogP contribution in [0.1, 0.15) is 39.4 Å². The largest absolute Gasteiger partial charge is 0.504 e. The van der Waals surface area contributed by atoms with Crippen molar-refractivity contribution in [1.29, 1.82) is 0 Å². The van der Waals surface area contributed by atoms with E-state index in [2.05, 4.69) is 36.2 Å². The molecule has 0 aliphatic carbocycles. The number of rotatable bonds is 2. The number of benzene rings is 4. The molecular formula is C35H32N2O6. The van der Waals surface area contributed by atoms with Crippen molar-refractivity contribution < 1.29 is 28.8 Å². The van der Waals surface area contributed by atoms with Crippen molar-refractivity contribution in [2.45, 2.75) is 31.7 Å². The van der Waals surface area contributed by atoms with Crippen molar-refractivity contribution in [1.82, 2.24) is 4.90 Å². The molecule has 0 aromatic heterocycles. The van der Waals surface area contributed by atoms with E-state index in [-0.39, 0.29) is 11.8 Å². The first-order valence-electron chi connectivity index (χ1n) is 14.7. The minimum Gasteiger partial charge on any atom is -0.504 e. The van der Waals surface area contributed by atoms with Crippen molar-refractivity contribution in [3.05, 3.63) is 88.0 Å². The van der Waals surface area contributed by atoms with E-state index in [1.165, 1.54) is 0 Å². The number of hydrogen-bond acceptors (Lipinski definition) is 8. The van der Waals surface area contributed by atoms with Crippen LogP contribution in [0.3, 0.4) is 0 Å². The summed E-state index contributed by atoms with van der Waals surface area (Å²) in [6.07, 6.45) is 2.81. The molecule has 0 amide bonds. The van der Waals surface area contributed by atoms with Crippen LogP contribution in [0, 0.1) is 0 Å². The number of aliphatic imine (C=N–C) groups is 1. The Balaban J connectivity index is 1.34. The van der Waals surface area contributed by atoms with Gasteiger partial charge in [0.25, 0.3) is 0 Å². The first-order valence-corrected chi connectivity index (χ1v) is 14.7. The van der Waals surface area contributed by atoms with Crippen LogP contribution in [0.4, 0.5) is 0 Å². The smallest absolute Gasteiger partial charge is 0.216 e. The number of fused-ring (bicyclic) bond motifs is 2. The van der Waals surface area contributed by atoms with E-state index < -0.39 is 0 Å². The Bertz CT molecular complexity index is 1810. The average Bonchev–Trinajstić information content (AvgIpc) is 3.01. The molecule has 218 valence electrons. The fourth-order valence-electron chi connectivity index (χ4n) is 6.80. The predicted molar refractivity (Wildman–Crippen MR) is 162 cm³/mol. The molecule has 5 aliphatic rings. The number of ether oxygens (including phenoxy) is 5. The second kappa shape index (κ2) is 9.95. The van der Waals surface area contributed by atoms with Gasteiger partial charge in [-0.15, -0.1) is 0 Å². The number of phenolic OH excluding ortho intramolecular Hbond substituents is 1. The van der Waals surface area contributed by atoms with Crippen molar-refractivity contribution >= 4 is 5.71 Å². The molecule has 0 radical (unpaired) electrons. The Hall–Kier alpha value is -4.69. The Kier molecular flexibility index (Phi) is 6.01. The molecular weight excluding hydrogens is 544 g/mol. The lowest BCUT2D eigenvalue weighted by Gasteiger charge is -2.38. The Labute approximate surface area is 250 Å². The van der Waals surface area contributed by atoms with Crippen LogP contribution < -0.4 is 23.7 Å². The molecule has 9 rings (SSSR count). The second-order valence-corrected chi connectivity index (χ2v) is 11.5. The summed E-state index contributed by atoms with van der Waals surface area (Å²) < 4.78 is 31.0. The number of hydrogen-bond donors (Lipinski definition) is 1. The quantitative estimate of drug-likeness (QED) is 0.248. The van der Waals surface area contributed by atoms with Crippen molar-refractivity contribution in [2.75, 3.05) is 34.4 Å². The van der Waals surface area contributed by atoms with E-state index in [9.17, 15) is 5.11 Å². The minimum absolute atomic E-state index is 0.0587. The van der Waals surface area contributed by atoms with Crippen LogP contribution in [0.25, 0.3) is 0 Å². The summed E-state index contributed by atoms with van der Waals surface area (Å²) in [5.41, 5.74) is 7.16. The summed E-state index contributed by atoms with van der Waals surface area (Å²) in [6, 6.07) is 18.2. The molecule has 8 heteroatoms. The second-order valence-electron chi connectivity index (χ2n) is 11.5. The van der Waals surface area contributed by atoms with E-state index in [0.29, 0.717) is 66.1 Å². The molecule has 5 aliphatic heterocycles. The fraction of sp³-hybridized carbons (Fsp3) is 0.286. The van der Waals surface area contributed by atoms with Gasteiger partial charge in [0, 0.05) is 48.0 Å². The maximum atomic E-state index is 11.5. The normalized spacial score (nSPS) is 18.0. The molecule has 0 saturated carbocycles. The highest BCUT2D eigenvalue weighted by Gasteiger charge is 2.39. The number of methoxy groups -OCH3 is 2. The molecule has 5 heterocycles. The maximum Gasteiger partial charge on any atom is 0.216 e. The molecule has 0 saturated heterocycles. The van der Waals surface area contributed by atoms with E-state index in [1.807, 2.05) is 30.3 Å². The zero-order chi connectivity index (χ0) is 29.2. The van der Waals surface area contributed by atoms with Gasteiger partial charge in [0.1, 0.15) is 5.75 Å². The summed E-state index contributed by atoms with van der Waals surface area (Å²) >= 11 is 0. The molecule has 7 bridgehead atoms. The maximum absolute atomic E-state index is 11.5. The molecule has 1 N–H and O–H groups in total. The molecule has 43 heavy (non-hydrogen) atoms. The zero-order valence-corrected chi connectivity index (χ0v) is 24.4. The molecule has 4 aromatic carbocycles. The highest BCUT2D eigenvalue weighted by atomic mass is 16.6. The van der Waals surface area contributed by atoms with Gasteiger partial charge in [0.15, 0.2) is 34.5 Å². The van der Waals surface area contributed by atoms with Crippen LogP contribution >= 0.6 is 0 Å². The summed E-state index contributed by atoms with van der Waals surface area (Å²) in [6.45, 7) is 1.48. The minimum atomic E-state index is -0.0587. The highest BCUT2D eigenvalue weighted by Crippen LogP contribution is 2.59. The standard InChI is InChI=1S/C35H32N2O6/c1-37-13-11-23-31-26(37)15-19-4-7-22(8-5-19)41-28-16-20(6-9-27(28)39-2)14-25-24-18-30-29(17-21(24)10-12-36-25)43-35(33(31)42-30)34(40-3)32(23)38/h4-9,16-18,26,38H,10-15H2,1-3H3. The third-order valence-corrected chi connectivity index (χ3v) is 9.04. The van der Waals surface area contributed by atoms with Gasteiger partial charge in [-0.2, -0.15) is 0 Å². The van der Waals surface area contributed by atoms with Crippen LogP contribution in [0.5, 0.6) is 51.7 Å². The first kappa shape index (κ1) is 26.0. The van der Waals surface area contributed by atoms with Gasteiger partial charge in [-0.05, 0) is 79.4 Å². The van der Waals surface area contributed by atoms with E-state index in [0.717, 1.165) is 57.8 Å². The molecule has 0 spiro atoms. The van der Waals surface area contributed by atoms with Crippen molar-refractivity contribution in [2.24, 2.45) is 4.99 Å². The van der Waals surface area contributed by atoms with Gasteiger partial charge >= 0.3 is 0 Å². The lowest BCUT2D eigenvalue weighted by molar-refractivity contribution is 0.216. The van der Waals surface area contributed by atoms with Gasteiger partial charge in [0.2, 0.25) is 11.5 Å². The van der Waals surface area contributed by atoms with Gasteiger partial charge < -0.3 is 28.8 Å². The highest BCUT2D eigenvalue weighted by molar-refractivity contribution is 6.04. The fourth-order valence-corrected chi connectivity index (χ4v) is 6.80. The van der Waals surface area contributed by atoms with E-state index >= 15 is 0 Å². The average molecular weight is 577 g/mol. The Morgan fingerprint density at radius 1 is 0.860 bits per heavy atom. The van der Waals surface area contributed by atoms with Crippen molar-refractivity contribution in [3.63, 3.8) is 0 Å². The lowest BCUT2D eigenvalue weighted by atomic mass is 9.86. The molecule has 4 aromatic rings. The predicted octanol–water partition coefficient (Wildman–Crippen LogP) is 6.77. The van der Waals surface area contributed by atoms with Gasteiger partial charge in [-0.1, -0.05) is 18.2 Å². The van der Waals surface area contributed by atoms with Crippen molar-refractivity contribution in [3.8, 4) is 51.7 Å². The summed E-state index contributed by atoms with van der Waals surface area (Å²) in [7, 11) is 5.32. The summed E-state index contributed by atoms with van der Waals surface area (Å²) in [5.74, 6) is 4.75. The molecule has 8 nitrogen and oxygen atoms in total. The van der Waals surface area contributed by atoms with Gasteiger partial charge in [0.05, 0.1) is 14.2 Å². The van der Waals surface area contributed by atoms with Crippen LogP contribution in [0.2, 0.25) is 0 Å². The number of aromatic hydroxyl groups is 1. The number of nitrogens with zero attached hydrogens (tertiary/aromatic N) is 2. The third kappa shape index (κ3) is 4.19. The van der Waals surface area contributed by atoms with E-state index in [4.69, 9.17) is 28.7 Å². The topological polar surface area (TPSA) is 82.0 Å². The summed E-state index contributed by atoms with van der Waals surface area (Å²) in [4.78, 5) is 7.25. The molecule has 0 fully saturated rings. The van der Waals surface area contributed by atoms with Crippen LogP contribution in [-0.4, -0.2) is 50.1 Å². The third-order valence-electron chi connectivity index (χ3n) is 9.04. The van der Waals surface area contributed by atoms with Gasteiger partial charge in [-0.25, -0.2) is 0 Å². The first-order chi connectivity index (χ1) is 21.0. The molecule has 1 unspecified atom stereocenters. The number of phenols is 1. The van der Waals surface area contributed by atoms with Crippen LogP contribution in [0.15, 0.2) is 59.6 Å².